The van der Waals surface area contributed by atoms with Gasteiger partial charge in [0, 0.05) is 42.9 Å². The smallest absolute Gasteiger partial charge is 0.254 e. The number of carbonyl (C=O) groups excluding carboxylic acids is 3. The Morgan fingerprint density at radius 2 is 1.68 bits per heavy atom. The fraction of sp³-hybridized carbons (Fsp3) is 0.400. The second kappa shape index (κ2) is 11.7. The number of methoxy groups -OCH3 is 2. The summed E-state index contributed by atoms with van der Waals surface area (Å²) in [5.41, 5.74) is 1.38. The summed E-state index contributed by atoms with van der Waals surface area (Å²) in [4.78, 5) is 39.6. The molecular weight excluding hydrogens is 458 g/mol. The van der Waals surface area contributed by atoms with Crippen LogP contribution in [-0.4, -0.2) is 56.5 Å². The summed E-state index contributed by atoms with van der Waals surface area (Å²) < 4.78 is 10.5. The zero-order chi connectivity index (χ0) is 24.7. The molecule has 0 bridgehead atoms. The Balaban J connectivity index is 1.57. The van der Waals surface area contributed by atoms with Crippen LogP contribution < -0.4 is 20.1 Å². The number of amides is 3. The zero-order valence-corrected chi connectivity index (χ0v) is 20.4. The van der Waals surface area contributed by atoms with E-state index in [0.29, 0.717) is 60.8 Å². The highest BCUT2D eigenvalue weighted by Gasteiger charge is 2.28. The predicted molar refractivity (Wildman–Crippen MR) is 131 cm³/mol. The van der Waals surface area contributed by atoms with E-state index in [1.807, 2.05) is 6.92 Å². The molecule has 182 valence electrons. The van der Waals surface area contributed by atoms with Gasteiger partial charge in [0.25, 0.3) is 11.8 Å². The van der Waals surface area contributed by atoms with Crippen LogP contribution in [0.2, 0.25) is 5.02 Å². The maximum Gasteiger partial charge on any atom is 0.254 e. The van der Waals surface area contributed by atoms with Crippen molar-refractivity contribution in [2.75, 3.05) is 39.2 Å². The molecule has 1 fully saturated rings. The normalized spacial score (nSPS) is 13.8. The van der Waals surface area contributed by atoms with E-state index in [-0.39, 0.29) is 28.7 Å². The van der Waals surface area contributed by atoms with Gasteiger partial charge in [-0.25, -0.2) is 0 Å². The fourth-order valence-electron chi connectivity index (χ4n) is 3.81. The van der Waals surface area contributed by atoms with Crippen molar-refractivity contribution in [1.82, 2.24) is 10.2 Å². The van der Waals surface area contributed by atoms with Gasteiger partial charge in [-0.3, -0.25) is 14.4 Å². The molecule has 1 aliphatic heterocycles. The molecule has 8 nitrogen and oxygen atoms in total. The number of carbonyl (C=O) groups is 3. The molecule has 0 radical (unpaired) electrons. The Morgan fingerprint density at radius 3 is 2.24 bits per heavy atom. The molecule has 0 aromatic heterocycles. The van der Waals surface area contributed by atoms with Crippen molar-refractivity contribution < 1.29 is 23.9 Å². The van der Waals surface area contributed by atoms with Crippen molar-refractivity contribution >= 4 is 35.0 Å². The number of hydrogen-bond acceptors (Lipinski definition) is 5. The molecule has 1 heterocycles. The lowest BCUT2D eigenvalue weighted by molar-refractivity contribution is -0.121. The Labute approximate surface area is 204 Å². The highest BCUT2D eigenvalue weighted by atomic mass is 35.5. The molecule has 0 spiro atoms. The van der Waals surface area contributed by atoms with Crippen LogP contribution >= 0.6 is 11.6 Å². The third-order valence-electron chi connectivity index (χ3n) is 5.77. The topological polar surface area (TPSA) is 97.0 Å². The predicted octanol–water partition coefficient (Wildman–Crippen LogP) is 3.99. The summed E-state index contributed by atoms with van der Waals surface area (Å²) in [6.07, 6.45) is 1.92. The van der Waals surface area contributed by atoms with E-state index in [1.54, 1.807) is 41.3 Å². The van der Waals surface area contributed by atoms with Crippen molar-refractivity contribution in [2.45, 2.75) is 26.2 Å². The van der Waals surface area contributed by atoms with E-state index in [0.717, 1.165) is 6.42 Å². The lowest BCUT2D eigenvalue weighted by atomic mass is 9.95. The van der Waals surface area contributed by atoms with Crippen molar-refractivity contribution in [3.63, 3.8) is 0 Å². The largest absolute Gasteiger partial charge is 0.497 e. The van der Waals surface area contributed by atoms with Crippen LogP contribution in [0.5, 0.6) is 11.5 Å². The molecule has 34 heavy (non-hydrogen) atoms. The molecule has 1 saturated heterocycles. The first-order valence-corrected chi connectivity index (χ1v) is 11.6. The van der Waals surface area contributed by atoms with E-state index in [2.05, 4.69) is 10.6 Å². The monoisotopic (exact) mass is 487 g/mol. The molecule has 2 N–H and O–H groups in total. The quantitative estimate of drug-likeness (QED) is 0.587. The van der Waals surface area contributed by atoms with Crippen LogP contribution in [0.25, 0.3) is 0 Å². The average Bonchev–Trinajstić information content (AvgIpc) is 2.86. The Bertz CT molecular complexity index is 1030. The summed E-state index contributed by atoms with van der Waals surface area (Å²) in [5.74, 6) is 0.369. The number of piperidine rings is 1. The number of likely N-dealkylation sites (tertiary alicyclic amines) is 1. The summed E-state index contributed by atoms with van der Waals surface area (Å²) in [6, 6.07) is 9.92. The van der Waals surface area contributed by atoms with Crippen LogP contribution in [0.4, 0.5) is 5.69 Å². The highest BCUT2D eigenvalue weighted by molar-refractivity contribution is 6.34. The van der Waals surface area contributed by atoms with Crippen LogP contribution in [0, 0.1) is 5.92 Å². The number of benzene rings is 2. The van der Waals surface area contributed by atoms with Crippen LogP contribution in [0.3, 0.4) is 0 Å². The Morgan fingerprint density at radius 1 is 1.03 bits per heavy atom. The van der Waals surface area contributed by atoms with E-state index in [1.165, 1.54) is 14.2 Å². The first-order chi connectivity index (χ1) is 16.4. The third kappa shape index (κ3) is 6.20. The van der Waals surface area contributed by atoms with E-state index < -0.39 is 0 Å². The SMILES string of the molecule is CCCNC(=O)c1ccc(NC(=O)C2CCN(C(=O)c3cc(OC)cc(OC)c3)CC2)cc1Cl. The minimum Gasteiger partial charge on any atom is -0.497 e. The number of hydrogen-bond donors (Lipinski definition) is 2. The number of halogens is 1. The third-order valence-corrected chi connectivity index (χ3v) is 6.08. The molecule has 2 aromatic carbocycles. The summed E-state index contributed by atoms with van der Waals surface area (Å²) in [5, 5.41) is 5.94. The molecule has 3 rings (SSSR count). The van der Waals surface area contributed by atoms with Gasteiger partial charge in [-0.15, -0.1) is 0 Å². The van der Waals surface area contributed by atoms with Crippen LogP contribution in [0.15, 0.2) is 36.4 Å². The van der Waals surface area contributed by atoms with Gasteiger partial charge in [0.05, 0.1) is 24.8 Å². The Kier molecular flexibility index (Phi) is 8.76. The van der Waals surface area contributed by atoms with Gasteiger partial charge in [-0.1, -0.05) is 18.5 Å². The van der Waals surface area contributed by atoms with Crippen LogP contribution in [-0.2, 0) is 4.79 Å². The number of anilines is 1. The molecule has 1 aliphatic rings. The van der Waals surface area contributed by atoms with Crippen molar-refractivity contribution in [3.8, 4) is 11.5 Å². The molecule has 9 heteroatoms. The first-order valence-electron chi connectivity index (χ1n) is 11.3. The zero-order valence-electron chi connectivity index (χ0n) is 19.7. The molecule has 0 unspecified atom stereocenters. The molecule has 0 aliphatic carbocycles. The summed E-state index contributed by atoms with van der Waals surface area (Å²) in [6.45, 7) is 3.47. The number of nitrogens with one attached hydrogen (secondary N) is 2. The van der Waals surface area contributed by atoms with Gasteiger partial charge in [0.1, 0.15) is 11.5 Å². The van der Waals surface area contributed by atoms with Crippen molar-refractivity contribution in [1.29, 1.82) is 0 Å². The molecule has 0 atom stereocenters. The van der Waals surface area contributed by atoms with E-state index >= 15 is 0 Å². The molecular formula is C25H30ClN3O5. The van der Waals surface area contributed by atoms with Crippen molar-refractivity contribution in [2.24, 2.45) is 5.92 Å². The maximum atomic E-state index is 13.0. The van der Waals surface area contributed by atoms with E-state index in [9.17, 15) is 14.4 Å². The minimum atomic E-state index is -0.240. The molecule has 0 saturated carbocycles. The van der Waals surface area contributed by atoms with Gasteiger partial charge < -0.3 is 25.0 Å². The summed E-state index contributed by atoms with van der Waals surface area (Å²) in [7, 11) is 3.07. The lowest BCUT2D eigenvalue weighted by Gasteiger charge is -2.31. The lowest BCUT2D eigenvalue weighted by Crippen LogP contribution is -2.41. The number of ether oxygens (including phenoxy) is 2. The van der Waals surface area contributed by atoms with Gasteiger partial charge in [-0.05, 0) is 49.6 Å². The second-order valence-corrected chi connectivity index (χ2v) is 8.51. The maximum absolute atomic E-state index is 13.0. The summed E-state index contributed by atoms with van der Waals surface area (Å²) >= 11 is 6.25. The second-order valence-electron chi connectivity index (χ2n) is 8.11. The molecule has 2 aromatic rings. The standard InChI is InChI=1S/C25H30ClN3O5/c1-4-9-27-24(31)21-6-5-18(14-22(21)26)28-23(30)16-7-10-29(11-8-16)25(32)17-12-19(33-2)15-20(13-17)34-3/h5-6,12-16H,4,7-11H2,1-3H3,(H,27,31)(H,28,30). The van der Waals surface area contributed by atoms with Crippen molar-refractivity contribution in [3.05, 3.63) is 52.5 Å². The fourth-order valence-corrected chi connectivity index (χ4v) is 4.08. The Hall–Kier alpha value is -3.26. The van der Waals surface area contributed by atoms with Gasteiger partial charge in [-0.2, -0.15) is 0 Å². The minimum absolute atomic E-state index is 0.125. The van der Waals surface area contributed by atoms with E-state index in [4.69, 9.17) is 21.1 Å². The molecule has 3 amide bonds. The van der Waals surface area contributed by atoms with Crippen LogP contribution in [0.1, 0.15) is 46.9 Å². The highest BCUT2D eigenvalue weighted by Crippen LogP contribution is 2.27. The van der Waals surface area contributed by atoms with Gasteiger partial charge >= 0.3 is 0 Å². The number of rotatable bonds is 8. The average molecular weight is 488 g/mol. The number of nitrogens with zero attached hydrogens (tertiary/aromatic N) is 1. The van der Waals surface area contributed by atoms with Gasteiger partial charge in [0.15, 0.2) is 0 Å². The first kappa shape index (κ1) is 25.4. The van der Waals surface area contributed by atoms with Gasteiger partial charge in [0.2, 0.25) is 5.91 Å².